The van der Waals surface area contributed by atoms with Crippen molar-refractivity contribution in [1.29, 1.82) is 0 Å². The van der Waals surface area contributed by atoms with Crippen LogP contribution in [-0.4, -0.2) is 24.9 Å². The second-order valence-corrected chi connectivity index (χ2v) is 33.5. The van der Waals surface area contributed by atoms with Crippen molar-refractivity contribution in [2.45, 2.75) is 57.8 Å². The van der Waals surface area contributed by atoms with E-state index in [1.54, 1.807) is 0 Å². The zero-order chi connectivity index (χ0) is 78.6. The highest BCUT2D eigenvalue weighted by molar-refractivity contribution is 6.24. The SMILES string of the molecule is CC1(C)c2ccc(-c3cnc4c5ccccc5c5ccccc5c4n3)cc2-c2ccc3oc4ccccc4c3c21.CC1(C)c2ccccc2-c2ccc3oc4c(-c5ccc(-c6ncc7ccccc7n6)c6ccccc56)cccc4c3c21.CC1(C)c2ccccc2-c2ccc3oc4c(-c5nc6ccccc6c6ccccc56)cccc4c3c21. The number of hydrogen-bond acceptors (Lipinski definition) is 8. The molecule has 26 rings (SSSR count). The Morgan fingerprint density at radius 3 is 1.33 bits per heavy atom. The molecular formula is C110H73N5O3. The van der Waals surface area contributed by atoms with E-state index >= 15 is 0 Å². The van der Waals surface area contributed by atoms with Crippen LogP contribution in [0.25, 0.3) is 220 Å². The maximum Gasteiger partial charge on any atom is 0.160 e. The van der Waals surface area contributed by atoms with Crippen LogP contribution < -0.4 is 0 Å². The first kappa shape index (κ1) is 67.7. The van der Waals surface area contributed by atoms with Crippen molar-refractivity contribution in [3.63, 3.8) is 0 Å². The molecular weight excluding hydrogens is 1440 g/mol. The van der Waals surface area contributed by atoms with E-state index in [0.717, 1.165) is 144 Å². The van der Waals surface area contributed by atoms with Gasteiger partial charge in [0, 0.05) is 104 Å². The Morgan fingerprint density at radius 2 is 0.686 bits per heavy atom. The van der Waals surface area contributed by atoms with Gasteiger partial charge in [-0.15, -0.1) is 0 Å². The van der Waals surface area contributed by atoms with Crippen LogP contribution in [0.15, 0.2) is 347 Å². The van der Waals surface area contributed by atoms with E-state index in [-0.39, 0.29) is 16.2 Å². The normalized spacial score (nSPS) is 13.9. The molecule has 6 aromatic heterocycles. The third kappa shape index (κ3) is 9.74. The summed E-state index contributed by atoms with van der Waals surface area (Å²) in [4.78, 5) is 25.1. The molecule has 0 amide bonds. The minimum Gasteiger partial charge on any atom is -0.456 e. The van der Waals surface area contributed by atoms with Crippen LogP contribution in [0.1, 0.15) is 74.9 Å². The quantitative estimate of drug-likeness (QED) is 0.161. The average molecular weight is 1510 g/mol. The summed E-state index contributed by atoms with van der Waals surface area (Å²) in [6.07, 6.45) is 3.84. The molecule has 0 aliphatic heterocycles. The number of rotatable bonds is 4. The van der Waals surface area contributed by atoms with Crippen LogP contribution in [0, 0.1) is 0 Å². The predicted molar refractivity (Wildman–Crippen MR) is 487 cm³/mol. The molecule has 3 aliphatic rings. The number of aromatic nitrogens is 5. The summed E-state index contributed by atoms with van der Waals surface area (Å²) < 4.78 is 19.7. The van der Waals surface area contributed by atoms with Gasteiger partial charge in [0.1, 0.15) is 33.5 Å². The standard InChI is InChI=1S/C39H26N2O.C37H24N2O.C34H23NO/c1-39(2)32-16-7-6-13-27(32)28-20-21-34-35(36(28)39)31-15-9-14-29(37(31)42-34)26-18-19-30(25-12-5-4-11-24(25)26)38-40-22-23-10-3-8-17-33(23)41-38;1-37(2)29-17-15-21(19-28(29)24-16-18-32-33(34(24)37)27-13-7-8-14-31(27)40-32)30-20-38-35-25-11-5-3-9-22(25)23-10-4-6-12-26(23)36(35)39-30;1-34(2)27-16-7-5-11-21(27)23-18-19-29-30(31(23)34)25-14-9-15-26(33(25)36-29)32-24-13-4-3-10-20(24)22-12-6-8-17-28(22)35-32/h3-22H,1-2H3;3-20H,1-2H3;3-19H,1-2H3. The van der Waals surface area contributed by atoms with Crippen LogP contribution in [0.3, 0.4) is 0 Å². The van der Waals surface area contributed by atoms with E-state index in [4.69, 9.17) is 38.2 Å². The molecule has 0 radical (unpaired) electrons. The Hall–Kier alpha value is -14.7. The minimum absolute atomic E-state index is 0.105. The Morgan fingerprint density at radius 1 is 0.246 bits per heavy atom. The fourth-order valence-corrected chi connectivity index (χ4v) is 20.7. The van der Waals surface area contributed by atoms with Gasteiger partial charge in [0.15, 0.2) is 5.82 Å². The van der Waals surface area contributed by atoms with Crippen molar-refractivity contribution < 1.29 is 13.3 Å². The molecule has 23 aromatic rings. The smallest absolute Gasteiger partial charge is 0.160 e. The molecule has 3 aliphatic carbocycles. The van der Waals surface area contributed by atoms with Gasteiger partial charge in [-0.05, 0) is 154 Å². The molecule has 6 heterocycles. The summed E-state index contributed by atoms with van der Waals surface area (Å²) in [6.45, 7) is 14.0. The number of hydrogen-bond donors (Lipinski definition) is 0. The van der Waals surface area contributed by atoms with Crippen LogP contribution >= 0.6 is 0 Å². The fourth-order valence-electron chi connectivity index (χ4n) is 20.7. The largest absolute Gasteiger partial charge is 0.456 e. The van der Waals surface area contributed by atoms with E-state index in [0.29, 0.717) is 0 Å². The Kier molecular flexibility index (Phi) is 14.4. The molecule has 556 valence electrons. The summed E-state index contributed by atoms with van der Waals surface area (Å²) in [5, 5.41) is 18.7. The second kappa shape index (κ2) is 25.1. The van der Waals surface area contributed by atoms with E-state index in [1.807, 2.05) is 42.7 Å². The first-order valence-corrected chi connectivity index (χ1v) is 40.7. The Labute approximate surface area is 679 Å². The van der Waals surface area contributed by atoms with E-state index in [2.05, 4.69) is 333 Å². The van der Waals surface area contributed by atoms with Crippen molar-refractivity contribution in [3.8, 4) is 78.4 Å². The monoisotopic (exact) mass is 1510 g/mol. The van der Waals surface area contributed by atoms with Gasteiger partial charge in [-0.25, -0.2) is 19.9 Å². The zero-order valence-corrected chi connectivity index (χ0v) is 65.7. The number of pyridine rings is 1. The number of furan rings is 3. The van der Waals surface area contributed by atoms with Gasteiger partial charge in [-0.3, -0.25) is 4.98 Å². The lowest BCUT2D eigenvalue weighted by Crippen LogP contribution is -2.15. The Balaban J connectivity index is 0.000000101. The highest BCUT2D eigenvalue weighted by atomic mass is 16.3. The van der Waals surface area contributed by atoms with E-state index < -0.39 is 0 Å². The first-order chi connectivity index (χ1) is 57.8. The summed E-state index contributed by atoms with van der Waals surface area (Å²) in [7, 11) is 0. The van der Waals surface area contributed by atoms with Crippen molar-refractivity contribution in [1.82, 2.24) is 24.9 Å². The molecule has 0 saturated carbocycles. The molecule has 0 N–H and O–H groups in total. The third-order valence-electron chi connectivity index (χ3n) is 26.0. The first-order valence-electron chi connectivity index (χ1n) is 40.7. The summed E-state index contributed by atoms with van der Waals surface area (Å²) >= 11 is 0. The topological polar surface area (TPSA) is 104 Å². The van der Waals surface area contributed by atoms with Gasteiger partial charge < -0.3 is 13.3 Å². The lowest BCUT2D eigenvalue weighted by molar-refractivity contribution is 0.657. The van der Waals surface area contributed by atoms with E-state index in [9.17, 15) is 0 Å². The van der Waals surface area contributed by atoms with Crippen LogP contribution in [0.2, 0.25) is 0 Å². The van der Waals surface area contributed by atoms with Gasteiger partial charge in [0.05, 0.1) is 39.7 Å². The van der Waals surface area contributed by atoms with Crippen molar-refractivity contribution >= 4 is 142 Å². The van der Waals surface area contributed by atoms with Crippen LogP contribution in [0.4, 0.5) is 0 Å². The second-order valence-electron chi connectivity index (χ2n) is 33.5. The molecule has 0 bridgehead atoms. The number of fused-ring (bicyclic) bond motifs is 32. The number of benzene rings is 17. The maximum absolute atomic E-state index is 6.74. The highest BCUT2D eigenvalue weighted by Gasteiger charge is 2.42. The van der Waals surface area contributed by atoms with Gasteiger partial charge >= 0.3 is 0 Å². The van der Waals surface area contributed by atoms with Crippen LogP contribution in [-0.2, 0) is 16.2 Å². The molecule has 0 spiro atoms. The van der Waals surface area contributed by atoms with Crippen molar-refractivity contribution in [3.05, 3.63) is 367 Å². The summed E-state index contributed by atoms with van der Waals surface area (Å²) in [5.74, 6) is 0.732. The van der Waals surface area contributed by atoms with Gasteiger partial charge in [0.25, 0.3) is 0 Å². The Bertz CT molecular complexity index is 8280. The van der Waals surface area contributed by atoms with Gasteiger partial charge in [0.2, 0.25) is 0 Å². The molecule has 0 atom stereocenters. The summed E-state index contributed by atoms with van der Waals surface area (Å²) in [5.41, 5.74) is 32.2. The van der Waals surface area contributed by atoms with Gasteiger partial charge in [-0.1, -0.05) is 308 Å². The lowest BCUT2D eigenvalue weighted by atomic mass is 9.80. The van der Waals surface area contributed by atoms with E-state index in [1.165, 1.54) is 110 Å². The predicted octanol–water partition coefficient (Wildman–Crippen LogP) is 29.4. The molecule has 118 heavy (non-hydrogen) atoms. The average Bonchev–Trinajstić information content (AvgIpc) is 1.54. The molecule has 8 heteroatoms. The van der Waals surface area contributed by atoms with Gasteiger partial charge in [-0.2, -0.15) is 0 Å². The molecule has 17 aromatic carbocycles. The van der Waals surface area contributed by atoms with Crippen LogP contribution in [0.5, 0.6) is 0 Å². The van der Waals surface area contributed by atoms with Crippen molar-refractivity contribution in [2.75, 3.05) is 0 Å². The molecule has 0 unspecified atom stereocenters. The molecule has 8 nitrogen and oxygen atoms in total. The van der Waals surface area contributed by atoms with Crippen molar-refractivity contribution in [2.24, 2.45) is 0 Å². The lowest BCUT2D eigenvalue weighted by Gasteiger charge is -2.22. The molecule has 0 saturated heterocycles. The zero-order valence-electron chi connectivity index (χ0n) is 65.7. The third-order valence-corrected chi connectivity index (χ3v) is 26.0. The maximum atomic E-state index is 6.74. The fraction of sp³-hybridized carbons (Fsp3) is 0.0818. The highest BCUT2D eigenvalue weighted by Crippen LogP contribution is 2.58. The number of nitrogens with zero attached hydrogens (tertiary/aromatic N) is 5. The minimum atomic E-state index is -0.153. The summed E-state index contributed by atoms with van der Waals surface area (Å²) in [6, 6.07) is 114. The number of para-hydroxylation sites is 5. The molecule has 0 fully saturated rings.